The summed E-state index contributed by atoms with van der Waals surface area (Å²) < 4.78 is 18.4. The van der Waals surface area contributed by atoms with Crippen molar-refractivity contribution in [1.29, 1.82) is 0 Å². The topological polar surface area (TPSA) is 55.6 Å². The summed E-state index contributed by atoms with van der Waals surface area (Å²) in [6, 6.07) is 2.85. The molecule has 2 rings (SSSR count). The quantitative estimate of drug-likeness (QED) is 0.847. The van der Waals surface area contributed by atoms with Gasteiger partial charge in [-0.3, -0.25) is 4.79 Å². The van der Waals surface area contributed by atoms with Gasteiger partial charge in [0.05, 0.1) is 7.11 Å². The molecule has 17 heavy (non-hydrogen) atoms. The first-order valence-corrected chi connectivity index (χ1v) is 5.53. The third-order valence-electron chi connectivity index (χ3n) is 2.95. The minimum Gasteiger partial charge on any atom is -0.494 e. The third kappa shape index (κ3) is 2.10. The first-order valence-electron chi connectivity index (χ1n) is 5.53. The van der Waals surface area contributed by atoms with Crippen molar-refractivity contribution < 1.29 is 13.9 Å². The smallest absolute Gasteiger partial charge is 0.254 e. The lowest BCUT2D eigenvalue weighted by molar-refractivity contribution is 0.0744. The molecule has 0 saturated heterocycles. The number of benzene rings is 1. The molecule has 1 aliphatic heterocycles. The second-order valence-electron chi connectivity index (χ2n) is 3.97. The van der Waals surface area contributed by atoms with Gasteiger partial charge in [-0.05, 0) is 24.1 Å². The van der Waals surface area contributed by atoms with E-state index in [2.05, 4.69) is 0 Å². The number of nitrogens with two attached hydrogens (primary N) is 1. The summed E-state index contributed by atoms with van der Waals surface area (Å²) in [5, 5.41) is 0. The first kappa shape index (κ1) is 11.9. The molecule has 2 N–H and O–H groups in total. The lowest BCUT2D eigenvalue weighted by atomic mass is 9.98. The maximum Gasteiger partial charge on any atom is 0.254 e. The number of hydrogen-bond donors (Lipinski definition) is 1. The van der Waals surface area contributed by atoms with Crippen LogP contribution < -0.4 is 10.5 Å². The minimum atomic E-state index is -0.505. The maximum atomic E-state index is 13.5. The van der Waals surface area contributed by atoms with Crippen LogP contribution in [0.2, 0.25) is 0 Å². The molecule has 0 fully saturated rings. The molecule has 0 bridgehead atoms. The van der Waals surface area contributed by atoms with Crippen LogP contribution in [-0.4, -0.2) is 37.6 Å². The Bertz CT molecular complexity index is 448. The molecule has 4 nitrogen and oxygen atoms in total. The zero-order chi connectivity index (χ0) is 12.4. The van der Waals surface area contributed by atoms with E-state index in [-0.39, 0.29) is 11.7 Å². The van der Waals surface area contributed by atoms with Crippen molar-refractivity contribution in [3.05, 3.63) is 29.1 Å². The number of fused-ring (bicyclic) bond motifs is 1. The van der Waals surface area contributed by atoms with Gasteiger partial charge in [0.1, 0.15) is 0 Å². The normalized spacial score (nSPS) is 14.8. The first-order chi connectivity index (χ1) is 8.17. The van der Waals surface area contributed by atoms with Crippen LogP contribution in [0.5, 0.6) is 5.75 Å². The molecule has 0 spiro atoms. The number of hydrogen-bond acceptors (Lipinski definition) is 3. The molecule has 1 aromatic rings. The number of nitrogens with zero attached hydrogens (tertiary/aromatic N) is 1. The van der Waals surface area contributed by atoms with Gasteiger partial charge in [0.25, 0.3) is 5.91 Å². The molecule has 0 aliphatic carbocycles. The Morgan fingerprint density at radius 3 is 2.94 bits per heavy atom. The fourth-order valence-corrected chi connectivity index (χ4v) is 2.05. The second-order valence-corrected chi connectivity index (χ2v) is 3.97. The van der Waals surface area contributed by atoms with Crippen LogP contribution >= 0.6 is 0 Å². The summed E-state index contributed by atoms with van der Waals surface area (Å²) in [5.41, 5.74) is 6.68. The zero-order valence-electron chi connectivity index (χ0n) is 9.70. The van der Waals surface area contributed by atoms with E-state index in [4.69, 9.17) is 10.5 Å². The van der Waals surface area contributed by atoms with E-state index in [0.717, 1.165) is 5.56 Å². The van der Waals surface area contributed by atoms with E-state index in [1.54, 1.807) is 11.0 Å². The molecular formula is C12H15FN2O2. The number of carbonyl (C=O) groups excluding carboxylic acids is 1. The molecule has 5 heteroatoms. The molecule has 0 atom stereocenters. The van der Waals surface area contributed by atoms with Crippen LogP contribution in [0.15, 0.2) is 12.1 Å². The molecule has 0 aromatic heterocycles. The predicted molar refractivity (Wildman–Crippen MR) is 61.6 cm³/mol. The predicted octanol–water partition coefficient (Wildman–Crippen LogP) is 0.791. The van der Waals surface area contributed by atoms with Gasteiger partial charge in [0.15, 0.2) is 11.6 Å². The van der Waals surface area contributed by atoms with Crippen LogP contribution in [0.3, 0.4) is 0 Å². The Morgan fingerprint density at radius 2 is 2.29 bits per heavy atom. The van der Waals surface area contributed by atoms with Gasteiger partial charge in [-0.15, -0.1) is 0 Å². The Balaban J connectivity index is 2.36. The summed E-state index contributed by atoms with van der Waals surface area (Å²) in [6.07, 6.45) is 0.706. The summed E-state index contributed by atoms with van der Waals surface area (Å²) in [4.78, 5) is 13.7. The van der Waals surface area contributed by atoms with Crippen molar-refractivity contribution in [3.8, 4) is 5.75 Å². The van der Waals surface area contributed by atoms with Crippen LogP contribution in [0.1, 0.15) is 15.9 Å². The van der Waals surface area contributed by atoms with Crippen molar-refractivity contribution in [2.75, 3.05) is 26.7 Å². The van der Waals surface area contributed by atoms with Crippen molar-refractivity contribution >= 4 is 5.91 Å². The van der Waals surface area contributed by atoms with Crippen LogP contribution in [0.4, 0.5) is 4.39 Å². The number of halogens is 1. The molecule has 0 saturated carbocycles. The number of carbonyl (C=O) groups is 1. The molecule has 1 heterocycles. The average Bonchev–Trinajstić information content (AvgIpc) is 2.33. The molecular weight excluding hydrogens is 223 g/mol. The van der Waals surface area contributed by atoms with E-state index >= 15 is 0 Å². The van der Waals surface area contributed by atoms with Gasteiger partial charge in [-0.2, -0.15) is 0 Å². The molecule has 0 unspecified atom stereocenters. The van der Waals surface area contributed by atoms with E-state index < -0.39 is 5.82 Å². The standard InChI is InChI=1S/C12H15FN2O2/c1-17-11-6-8-2-4-15(5-3-14)12(16)9(8)7-10(11)13/h6-7H,2-5,14H2,1H3. The minimum absolute atomic E-state index is 0.154. The zero-order valence-corrected chi connectivity index (χ0v) is 9.70. The summed E-state index contributed by atoms with van der Waals surface area (Å²) in [5.74, 6) is -0.476. The van der Waals surface area contributed by atoms with Crippen molar-refractivity contribution in [2.24, 2.45) is 5.73 Å². The Hall–Kier alpha value is -1.62. The number of ether oxygens (including phenoxy) is 1. The summed E-state index contributed by atoms with van der Waals surface area (Å²) in [6.45, 7) is 1.55. The van der Waals surface area contributed by atoms with Crippen molar-refractivity contribution in [1.82, 2.24) is 4.90 Å². The fourth-order valence-electron chi connectivity index (χ4n) is 2.05. The van der Waals surface area contributed by atoms with Crippen molar-refractivity contribution in [3.63, 3.8) is 0 Å². The summed E-state index contributed by atoms with van der Waals surface area (Å²) >= 11 is 0. The van der Waals surface area contributed by atoms with E-state index in [9.17, 15) is 9.18 Å². The monoisotopic (exact) mass is 238 g/mol. The Kier molecular flexibility index (Phi) is 3.28. The van der Waals surface area contributed by atoms with Gasteiger partial charge < -0.3 is 15.4 Å². The second kappa shape index (κ2) is 4.71. The highest BCUT2D eigenvalue weighted by Gasteiger charge is 2.25. The average molecular weight is 238 g/mol. The van der Waals surface area contributed by atoms with Gasteiger partial charge in [0.2, 0.25) is 0 Å². The lowest BCUT2D eigenvalue weighted by Gasteiger charge is -2.28. The fraction of sp³-hybridized carbons (Fsp3) is 0.417. The number of amides is 1. The molecule has 0 radical (unpaired) electrons. The largest absolute Gasteiger partial charge is 0.494 e. The Labute approximate surface area is 99.2 Å². The maximum absolute atomic E-state index is 13.5. The Morgan fingerprint density at radius 1 is 1.53 bits per heavy atom. The van der Waals surface area contributed by atoms with Crippen LogP contribution in [0, 0.1) is 5.82 Å². The van der Waals surface area contributed by atoms with Gasteiger partial charge in [0, 0.05) is 25.2 Å². The SMILES string of the molecule is COc1cc2c(cc1F)C(=O)N(CCN)CC2. The van der Waals surface area contributed by atoms with E-state index in [0.29, 0.717) is 31.6 Å². The number of rotatable bonds is 3. The van der Waals surface area contributed by atoms with Gasteiger partial charge in [-0.25, -0.2) is 4.39 Å². The molecule has 92 valence electrons. The highest BCUT2D eigenvalue weighted by atomic mass is 19.1. The van der Waals surface area contributed by atoms with Crippen molar-refractivity contribution in [2.45, 2.75) is 6.42 Å². The molecule has 1 aliphatic rings. The number of methoxy groups -OCH3 is 1. The van der Waals surface area contributed by atoms with Crippen LogP contribution in [-0.2, 0) is 6.42 Å². The lowest BCUT2D eigenvalue weighted by Crippen LogP contribution is -2.40. The van der Waals surface area contributed by atoms with Gasteiger partial charge >= 0.3 is 0 Å². The van der Waals surface area contributed by atoms with E-state index in [1.165, 1.54) is 13.2 Å². The highest BCUT2D eigenvalue weighted by Crippen LogP contribution is 2.26. The third-order valence-corrected chi connectivity index (χ3v) is 2.95. The van der Waals surface area contributed by atoms with E-state index in [1.807, 2.05) is 0 Å². The molecule has 1 amide bonds. The molecule has 1 aromatic carbocycles. The van der Waals surface area contributed by atoms with Crippen LogP contribution in [0.25, 0.3) is 0 Å². The van der Waals surface area contributed by atoms with Gasteiger partial charge in [-0.1, -0.05) is 0 Å². The summed E-state index contributed by atoms with van der Waals surface area (Å²) in [7, 11) is 1.41. The highest BCUT2D eigenvalue weighted by molar-refractivity contribution is 5.97.